The van der Waals surface area contributed by atoms with Crippen molar-refractivity contribution in [2.24, 2.45) is 5.41 Å². The number of aliphatic carboxylic acids is 1. The number of aliphatic hydroxyl groups excluding tert-OH is 1. The lowest BCUT2D eigenvalue weighted by Gasteiger charge is -2.43. The first-order valence-electron chi connectivity index (χ1n) is 9.88. The molecule has 2 atom stereocenters. The predicted molar refractivity (Wildman–Crippen MR) is 107 cm³/mol. The maximum Gasteiger partial charge on any atom is 0.314 e. The number of hydrogen-bond acceptors (Lipinski definition) is 3. The molecule has 2 aromatic rings. The summed E-state index contributed by atoms with van der Waals surface area (Å²) >= 11 is 0. The fourth-order valence-corrected chi connectivity index (χ4v) is 4.04. The SMILES string of the molecule is O=C(Cc1cccc(F)c1)N1CC[C@@H](O)[C@](CCCc2ccccc2)(C(=O)O)C1. The molecule has 1 heterocycles. The van der Waals surface area contributed by atoms with Crippen molar-refractivity contribution in [2.75, 3.05) is 13.1 Å². The van der Waals surface area contributed by atoms with E-state index in [4.69, 9.17) is 0 Å². The fraction of sp³-hybridized carbons (Fsp3) is 0.391. The molecular formula is C23H26FNO4. The number of hydrogen-bond donors (Lipinski definition) is 2. The number of rotatable bonds is 7. The summed E-state index contributed by atoms with van der Waals surface area (Å²) in [5.41, 5.74) is 0.272. The van der Waals surface area contributed by atoms with Crippen LogP contribution in [0.2, 0.25) is 0 Å². The molecule has 3 rings (SSSR count). The standard InChI is InChI=1S/C23H26FNO4/c24-19-10-4-8-18(14-19)15-21(27)25-13-11-20(26)23(16-25,22(28)29)12-5-9-17-6-2-1-3-7-17/h1-4,6-8,10,14,20,26H,5,9,11-13,15-16H2,(H,28,29)/t20-,23-/m1/s1. The molecule has 5 nitrogen and oxygen atoms in total. The predicted octanol–water partition coefficient (Wildman–Crippen LogP) is 3.06. The second kappa shape index (κ2) is 9.18. The van der Waals surface area contributed by atoms with E-state index in [1.54, 1.807) is 12.1 Å². The number of aliphatic hydroxyl groups is 1. The first-order valence-corrected chi connectivity index (χ1v) is 9.88. The zero-order chi connectivity index (χ0) is 20.9. The van der Waals surface area contributed by atoms with Crippen molar-refractivity contribution in [3.8, 4) is 0 Å². The first-order chi connectivity index (χ1) is 13.9. The van der Waals surface area contributed by atoms with Crippen LogP contribution in [0.1, 0.15) is 30.4 Å². The molecule has 1 saturated heterocycles. The molecule has 2 aromatic carbocycles. The smallest absolute Gasteiger partial charge is 0.314 e. The number of halogens is 1. The number of carboxylic acid groups (broad SMARTS) is 1. The van der Waals surface area contributed by atoms with Gasteiger partial charge in [-0.2, -0.15) is 0 Å². The molecule has 0 spiro atoms. The van der Waals surface area contributed by atoms with E-state index in [2.05, 4.69) is 0 Å². The van der Waals surface area contributed by atoms with Crippen LogP contribution in [0.3, 0.4) is 0 Å². The van der Waals surface area contributed by atoms with Crippen LogP contribution in [0.25, 0.3) is 0 Å². The van der Waals surface area contributed by atoms with Gasteiger partial charge < -0.3 is 15.1 Å². The highest BCUT2D eigenvalue weighted by atomic mass is 19.1. The van der Waals surface area contributed by atoms with Crippen molar-refractivity contribution in [2.45, 2.75) is 38.2 Å². The van der Waals surface area contributed by atoms with Gasteiger partial charge in [0.1, 0.15) is 11.2 Å². The lowest BCUT2D eigenvalue weighted by Crippen LogP contribution is -2.57. The van der Waals surface area contributed by atoms with E-state index in [1.165, 1.54) is 17.0 Å². The molecule has 0 bridgehead atoms. The Labute approximate surface area is 169 Å². The van der Waals surface area contributed by atoms with Crippen LogP contribution in [0.15, 0.2) is 54.6 Å². The summed E-state index contributed by atoms with van der Waals surface area (Å²) in [5.74, 6) is -1.75. The van der Waals surface area contributed by atoms with Crippen molar-refractivity contribution in [1.29, 1.82) is 0 Å². The molecule has 154 valence electrons. The molecule has 1 aliphatic rings. The Bertz CT molecular complexity index is 857. The van der Waals surface area contributed by atoms with Crippen molar-refractivity contribution in [1.82, 2.24) is 4.90 Å². The van der Waals surface area contributed by atoms with Crippen LogP contribution in [-0.2, 0) is 22.4 Å². The summed E-state index contributed by atoms with van der Waals surface area (Å²) in [6, 6.07) is 15.6. The molecule has 29 heavy (non-hydrogen) atoms. The minimum Gasteiger partial charge on any atom is -0.481 e. The minimum absolute atomic E-state index is 0.00751. The lowest BCUT2D eigenvalue weighted by atomic mass is 9.73. The van der Waals surface area contributed by atoms with Gasteiger partial charge in [0, 0.05) is 13.1 Å². The largest absolute Gasteiger partial charge is 0.481 e. The summed E-state index contributed by atoms with van der Waals surface area (Å²) in [4.78, 5) is 26.4. The Balaban J connectivity index is 1.68. The van der Waals surface area contributed by atoms with Crippen LogP contribution < -0.4 is 0 Å². The van der Waals surface area contributed by atoms with Gasteiger partial charge in [0.2, 0.25) is 5.91 Å². The van der Waals surface area contributed by atoms with Gasteiger partial charge in [0.25, 0.3) is 0 Å². The van der Waals surface area contributed by atoms with Crippen LogP contribution in [0.4, 0.5) is 4.39 Å². The Morgan fingerprint density at radius 1 is 1.10 bits per heavy atom. The number of piperidine rings is 1. The summed E-state index contributed by atoms with van der Waals surface area (Å²) in [6.07, 6.45) is 0.801. The van der Waals surface area contributed by atoms with Gasteiger partial charge in [-0.3, -0.25) is 9.59 Å². The Hall–Kier alpha value is -2.73. The van der Waals surface area contributed by atoms with Gasteiger partial charge in [-0.15, -0.1) is 0 Å². The van der Waals surface area contributed by atoms with Gasteiger partial charge in [0.05, 0.1) is 12.5 Å². The highest BCUT2D eigenvalue weighted by molar-refractivity contribution is 5.81. The Kier molecular flexibility index (Phi) is 6.64. The van der Waals surface area contributed by atoms with Crippen molar-refractivity contribution < 1.29 is 24.2 Å². The minimum atomic E-state index is -1.38. The maximum atomic E-state index is 13.4. The number of nitrogens with zero attached hydrogens (tertiary/aromatic N) is 1. The number of carbonyl (C=O) groups excluding carboxylic acids is 1. The molecule has 1 amide bonds. The molecule has 1 fully saturated rings. The number of aryl methyl sites for hydroxylation is 1. The van der Waals surface area contributed by atoms with Gasteiger partial charge in [0.15, 0.2) is 0 Å². The molecule has 0 radical (unpaired) electrons. The van der Waals surface area contributed by atoms with Crippen LogP contribution in [-0.4, -0.2) is 46.2 Å². The fourth-order valence-electron chi connectivity index (χ4n) is 4.04. The van der Waals surface area contributed by atoms with Crippen LogP contribution >= 0.6 is 0 Å². The van der Waals surface area contributed by atoms with Crippen LogP contribution in [0.5, 0.6) is 0 Å². The molecule has 6 heteroatoms. The summed E-state index contributed by atoms with van der Waals surface area (Å²) < 4.78 is 13.4. The third-order valence-corrected chi connectivity index (χ3v) is 5.74. The van der Waals surface area contributed by atoms with Gasteiger partial charge in [-0.1, -0.05) is 42.5 Å². The highest BCUT2D eigenvalue weighted by Crippen LogP contribution is 2.36. The number of carboxylic acids is 1. The molecule has 1 aliphatic heterocycles. The summed E-state index contributed by atoms with van der Waals surface area (Å²) in [5, 5.41) is 20.5. The average molecular weight is 399 g/mol. The normalized spacial score (nSPS) is 21.7. The van der Waals surface area contributed by atoms with Gasteiger partial charge in [-0.05, 0) is 48.9 Å². The lowest BCUT2D eigenvalue weighted by molar-refractivity contribution is -0.166. The number of likely N-dealkylation sites (tertiary alicyclic amines) is 1. The molecule has 0 saturated carbocycles. The quantitative estimate of drug-likeness (QED) is 0.750. The van der Waals surface area contributed by atoms with E-state index in [9.17, 15) is 24.2 Å². The van der Waals surface area contributed by atoms with Gasteiger partial charge in [-0.25, -0.2) is 4.39 Å². The number of amides is 1. The molecular weight excluding hydrogens is 373 g/mol. The van der Waals surface area contributed by atoms with E-state index in [0.29, 0.717) is 24.9 Å². The van der Waals surface area contributed by atoms with Gasteiger partial charge >= 0.3 is 5.97 Å². The van der Waals surface area contributed by atoms with E-state index in [0.717, 1.165) is 5.56 Å². The highest BCUT2D eigenvalue weighted by Gasteiger charge is 2.49. The Morgan fingerprint density at radius 2 is 1.83 bits per heavy atom. The Morgan fingerprint density at radius 3 is 2.52 bits per heavy atom. The number of carbonyl (C=O) groups is 2. The van der Waals surface area contributed by atoms with E-state index in [1.807, 2.05) is 30.3 Å². The monoisotopic (exact) mass is 399 g/mol. The zero-order valence-electron chi connectivity index (χ0n) is 16.3. The second-order valence-electron chi connectivity index (χ2n) is 7.73. The van der Waals surface area contributed by atoms with E-state index in [-0.39, 0.29) is 31.7 Å². The van der Waals surface area contributed by atoms with Crippen LogP contribution in [0, 0.1) is 11.2 Å². The van der Waals surface area contributed by atoms with Crippen molar-refractivity contribution in [3.63, 3.8) is 0 Å². The molecule has 0 aliphatic carbocycles. The molecule has 0 aromatic heterocycles. The third kappa shape index (κ3) is 5.01. The topological polar surface area (TPSA) is 77.8 Å². The van der Waals surface area contributed by atoms with E-state index < -0.39 is 23.3 Å². The zero-order valence-corrected chi connectivity index (χ0v) is 16.3. The summed E-state index contributed by atoms with van der Waals surface area (Å²) in [6.45, 7) is 0.259. The summed E-state index contributed by atoms with van der Waals surface area (Å²) in [7, 11) is 0. The van der Waals surface area contributed by atoms with Crippen molar-refractivity contribution in [3.05, 3.63) is 71.5 Å². The second-order valence-corrected chi connectivity index (χ2v) is 7.73. The first kappa shape index (κ1) is 21.0. The average Bonchev–Trinajstić information content (AvgIpc) is 2.70. The number of benzene rings is 2. The van der Waals surface area contributed by atoms with Crippen molar-refractivity contribution >= 4 is 11.9 Å². The molecule has 2 N–H and O–H groups in total. The maximum absolute atomic E-state index is 13.4. The molecule has 0 unspecified atom stereocenters. The van der Waals surface area contributed by atoms with E-state index >= 15 is 0 Å². The third-order valence-electron chi connectivity index (χ3n) is 5.74.